The number of hydrogen-bond acceptors (Lipinski definition) is 3. The Morgan fingerprint density at radius 3 is 2.52 bits per heavy atom. The molecular formula is C24H20FNO3. The Balaban J connectivity index is 1.65. The molecule has 0 saturated heterocycles. The van der Waals surface area contributed by atoms with Crippen LogP contribution in [-0.2, 0) is 17.8 Å². The highest BCUT2D eigenvalue weighted by Gasteiger charge is 2.19. The maximum Gasteiger partial charge on any atom is 0.231 e. The number of fused-ring (bicyclic) bond motifs is 1. The summed E-state index contributed by atoms with van der Waals surface area (Å²) in [5.41, 5.74) is 3.00. The molecule has 5 heteroatoms. The van der Waals surface area contributed by atoms with E-state index in [0.717, 1.165) is 17.0 Å². The van der Waals surface area contributed by atoms with Crippen molar-refractivity contribution in [1.29, 1.82) is 0 Å². The number of hydrogen-bond donors (Lipinski definition) is 0. The second-order valence-electron chi connectivity index (χ2n) is 6.74. The van der Waals surface area contributed by atoms with Gasteiger partial charge in [0.1, 0.15) is 17.1 Å². The second-order valence-corrected chi connectivity index (χ2v) is 6.74. The van der Waals surface area contributed by atoms with E-state index in [2.05, 4.69) is 0 Å². The van der Waals surface area contributed by atoms with Crippen LogP contribution < -0.4 is 9.64 Å². The highest BCUT2D eigenvalue weighted by atomic mass is 19.1. The van der Waals surface area contributed by atoms with E-state index in [1.807, 2.05) is 54.6 Å². The van der Waals surface area contributed by atoms with E-state index in [9.17, 15) is 9.18 Å². The van der Waals surface area contributed by atoms with E-state index in [1.165, 1.54) is 18.4 Å². The molecule has 0 bridgehead atoms. The van der Waals surface area contributed by atoms with Crippen molar-refractivity contribution in [3.63, 3.8) is 0 Å². The van der Waals surface area contributed by atoms with Crippen LogP contribution in [0, 0.1) is 5.82 Å². The maximum atomic E-state index is 13.7. The van der Waals surface area contributed by atoms with Crippen molar-refractivity contribution in [2.24, 2.45) is 0 Å². The normalized spacial score (nSPS) is 10.8. The van der Waals surface area contributed by atoms with E-state index >= 15 is 0 Å². The zero-order valence-electron chi connectivity index (χ0n) is 16.0. The summed E-state index contributed by atoms with van der Waals surface area (Å²) in [5, 5.41) is 0.618. The number of rotatable bonds is 6. The van der Waals surface area contributed by atoms with Gasteiger partial charge in [-0.2, -0.15) is 0 Å². The van der Waals surface area contributed by atoms with Crippen LogP contribution in [0.4, 0.5) is 10.1 Å². The summed E-state index contributed by atoms with van der Waals surface area (Å²) < 4.78 is 24.4. The minimum absolute atomic E-state index is 0.106. The third-order valence-corrected chi connectivity index (χ3v) is 4.83. The topological polar surface area (TPSA) is 42.7 Å². The fraction of sp³-hybridized carbons (Fsp3) is 0.125. The molecule has 0 aliphatic rings. The van der Waals surface area contributed by atoms with E-state index in [0.29, 0.717) is 23.1 Å². The lowest BCUT2D eigenvalue weighted by Crippen LogP contribution is -2.31. The first-order valence-corrected chi connectivity index (χ1v) is 9.28. The smallest absolute Gasteiger partial charge is 0.231 e. The first-order valence-electron chi connectivity index (χ1n) is 9.28. The highest BCUT2D eigenvalue weighted by molar-refractivity contribution is 5.97. The Labute approximate surface area is 168 Å². The molecule has 4 rings (SSSR count). The van der Waals surface area contributed by atoms with Gasteiger partial charge in [-0.3, -0.25) is 4.79 Å². The van der Waals surface area contributed by atoms with Gasteiger partial charge in [0.2, 0.25) is 5.91 Å². The predicted molar refractivity (Wildman–Crippen MR) is 111 cm³/mol. The minimum atomic E-state index is -0.358. The average molecular weight is 389 g/mol. The van der Waals surface area contributed by atoms with Gasteiger partial charge in [-0.05, 0) is 48.0 Å². The lowest BCUT2D eigenvalue weighted by Gasteiger charge is -2.23. The van der Waals surface area contributed by atoms with Crippen LogP contribution in [0.15, 0.2) is 83.5 Å². The SMILES string of the molecule is COc1ccc(N(Cc2ccccc2)C(=O)Cc2coc3ccc(F)cc23)cc1. The van der Waals surface area contributed by atoms with Crippen molar-refractivity contribution in [3.05, 3.63) is 96.0 Å². The summed E-state index contributed by atoms with van der Waals surface area (Å²) in [6, 6.07) is 21.5. The van der Waals surface area contributed by atoms with Gasteiger partial charge in [0.15, 0.2) is 0 Å². The summed E-state index contributed by atoms with van der Waals surface area (Å²) in [6.07, 6.45) is 1.63. The minimum Gasteiger partial charge on any atom is -0.497 e. The number of furan rings is 1. The summed E-state index contributed by atoms with van der Waals surface area (Å²) in [6.45, 7) is 0.427. The molecule has 0 saturated carbocycles. The summed E-state index contributed by atoms with van der Waals surface area (Å²) in [5.74, 6) is 0.257. The van der Waals surface area contributed by atoms with Crippen molar-refractivity contribution < 1.29 is 18.3 Å². The molecule has 29 heavy (non-hydrogen) atoms. The van der Waals surface area contributed by atoms with Crippen molar-refractivity contribution in [1.82, 2.24) is 0 Å². The number of nitrogens with zero attached hydrogens (tertiary/aromatic N) is 1. The molecule has 0 N–H and O–H groups in total. The van der Waals surface area contributed by atoms with E-state index in [-0.39, 0.29) is 18.1 Å². The number of ether oxygens (including phenoxy) is 1. The molecule has 0 aliphatic carbocycles. The van der Waals surface area contributed by atoms with Gasteiger partial charge in [-0.25, -0.2) is 4.39 Å². The number of anilines is 1. The zero-order chi connectivity index (χ0) is 20.2. The Kier molecular flexibility index (Phi) is 5.29. The quantitative estimate of drug-likeness (QED) is 0.446. The van der Waals surface area contributed by atoms with Gasteiger partial charge >= 0.3 is 0 Å². The van der Waals surface area contributed by atoms with Crippen LogP contribution in [0.3, 0.4) is 0 Å². The molecule has 4 aromatic rings. The molecular weight excluding hydrogens is 369 g/mol. The Bertz CT molecular complexity index is 1120. The van der Waals surface area contributed by atoms with Gasteiger partial charge in [0, 0.05) is 16.6 Å². The number of benzene rings is 3. The monoisotopic (exact) mass is 389 g/mol. The number of halogens is 1. The lowest BCUT2D eigenvalue weighted by atomic mass is 10.1. The fourth-order valence-corrected chi connectivity index (χ4v) is 3.30. The summed E-state index contributed by atoms with van der Waals surface area (Å²) in [7, 11) is 1.60. The molecule has 0 aliphatic heterocycles. The van der Waals surface area contributed by atoms with E-state index in [4.69, 9.17) is 9.15 Å². The van der Waals surface area contributed by atoms with Gasteiger partial charge in [0.25, 0.3) is 0 Å². The molecule has 0 unspecified atom stereocenters. The van der Waals surface area contributed by atoms with Crippen molar-refractivity contribution in [2.75, 3.05) is 12.0 Å². The standard InChI is InChI=1S/C24H20FNO3/c1-28-21-10-8-20(9-11-21)26(15-17-5-3-2-4-6-17)24(27)13-18-16-29-23-12-7-19(25)14-22(18)23/h2-12,14,16H,13,15H2,1H3. The van der Waals surface area contributed by atoms with Crippen molar-refractivity contribution in [3.8, 4) is 5.75 Å². The third-order valence-electron chi connectivity index (χ3n) is 4.83. The number of carbonyl (C=O) groups is 1. The first kappa shape index (κ1) is 18.7. The number of amides is 1. The molecule has 3 aromatic carbocycles. The van der Waals surface area contributed by atoms with Crippen LogP contribution in [0.25, 0.3) is 11.0 Å². The highest BCUT2D eigenvalue weighted by Crippen LogP contribution is 2.26. The third kappa shape index (κ3) is 4.14. The van der Waals surface area contributed by atoms with Crippen molar-refractivity contribution >= 4 is 22.6 Å². The van der Waals surface area contributed by atoms with Gasteiger partial charge in [-0.15, -0.1) is 0 Å². The molecule has 0 radical (unpaired) electrons. The Morgan fingerprint density at radius 1 is 1.03 bits per heavy atom. The molecule has 1 amide bonds. The van der Waals surface area contributed by atoms with Crippen LogP contribution in [0.2, 0.25) is 0 Å². The Hall–Kier alpha value is -3.60. The fourth-order valence-electron chi connectivity index (χ4n) is 3.30. The number of carbonyl (C=O) groups excluding carboxylic acids is 1. The molecule has 146 valence electrons. The van der Waals surface area contributed by atoms with Crippen LogP contribution in [-0.4, -0.2) is 13.0 Å². The van der Waals surface area contributed by atoms with Crippen LogP contribution in [0.5, 0.6) is 5.75 Å². The summed E-state index contributed by atoms with van der Waals surface area (Å²) in [4.78, 5) is 15.0. The molecule has 1 aromatic heterocycles. The molecule has 0 atom stereocenters. The maximum absolute atomic E-state index is 13.7. The largest absolute Gasteiger partial charge is 0.497 e. The summed E-state index contributed by atoms with van der Waals surface area (Å²) >= 11 is 0. The number of methoxy groups -OCH3 is 1. The second kappa shape index (κ2) is 8.19. The lowest BCUT2D eigenvalue weighted by molar-refractivity contribution is -0.118. The zero-order valence-corrected chi connectivity index (χ0v) is 16.0. The van der Waals surface area contributed by atoms with Crippen LogP contribution in [0.1, 0.15) is 11.1 Å². The average Bonchev–Trinajstić information content (AvgIpc) is 3.14. The van der Waals surface area contributed by atoms with E-state index < -0.39 is 0 Å². The molecule has 4 nitrogen and oxygen atoms in total. The predicted octanol–water partition coefficient (Wildman–Crippen LogP) is 5.36. The van der Waals surface area contributed by atoms with Gasteiger partial charge in [0.05, 0.1) is 26.3 Å². The van der Waals surface area contributed by atoms with Crippen molar-refractivity contribution in [2.45, 2.75) is 13.0 Å². The van der Waals surface area contributed by atoms with E-state index in [1.54, 1.807) is 18.1 Å². The van der Waals surface area contributed by atoms with Gasteiger partial charge < -0.3 is 14.1 Å². The van der Waals surface area contributed by atoms with Gasteiger partial charge in [-0.1, -0.05) is 30.3 Å². The Morgan fingerprint density at radius 2 is 1.79 bits per heavy atom. The first-order chi connectivity index (χ1) is 14.1. The molecule has 0 spiro atoms. The molecule has 1 heterocycles. The van der Waals surface area contributed by atoms with Crippen LogP contribution >= 0.6 is 0 Å². The molecule has 0 fully saturated rings.